The van der Waals surface area contributed by atoms with Gasteiger partial charge in [0.05, 0.1) is 27.4 Å². The molecule has 0 aliphatic carbocycles. The molecule has 180 valence electrons. The summed E-state index contributed by atoms with van der Waals surface area (Å²) in [5.74, 6) is 0.626. The van der Waals surface area contributed by atoms with Gasteiger partial charge in [-0.3, -0.25) is 19.1 Å². The van der Waals surface area contributed by atoms with Gasteiger partial charge >= 0.3 is 0 Å². The van der Waals surface area contributed by atoms with Gasteiger partial charge in [-0.05, 0) is 49.3 Å². The van der Waals surface area contributed by atoms with Gasteiger partial charge in [-0.1, -0.05) is 36.4 Å². The number of carbonyl (C=O) groups excluding carboxylic acids is 1. The summed E-state index contributed by atoms with van der Waals surface area (Å²) < 4.78 is 18.1. The minimum Gasteiger partial charge on any atom is -0.493 e. The van der Waals surface area contributed by atoms with Crippen LogP contribution in [0.5, 0.6) is 11.5 Å². The summed E-state index contributed by atoms with van der Waals surface area (Å²) in [6.07, 6.45) is 0. The highest BCUT2D eigenvalue weighted by atomic mass is 32.1. The van der Waals surface area contributed by atoms with E-state index in [1.165, 1.54) is 11.7 Å². The average molecular weight is 485 g/mol. The molecular formula is C24H28N4O5S. The number of amides is 1. The van der Waals surface area contributed by atoms with Crippen LogP contribution >= 0.6 is 12.2 Å². The summed E-state index contributed by atoms with van der Waals surface area (Å²) in [5.41, 5.74) is 6.08. The van der Waals surface area contributed by atoms with Gasteiger partial charge < -0.3 is 25.3 Å². The second-order valence-corrected chi connectivity index (χ2v) is 8.42. The molecule has 1 amide bonds. The van der Waals surface area contributed by atoms with Crippen LogP contribution in [0.1, 0.15) is 25.0 Å². The molecule has 0 aliphatic heterocycles. The highest BCUT2D eigenvalue weighted by molar-refractivity contribution is 7.71. The van der Waals surface area contributed by atoms with E-state index < -0.39 is 17.1 Å². The van der Waals surface area contributed by atoms with Crippen LogP contribution in [0.25, 0.3) is 0 Å². The highest BCUT2D eigenvalue weighted by Crippen LogP contribution is 2.28. The Labute approximate surface area is 202 Å². The van der Waals surface area contributed by atoms with Crippen LogP contribution < -0.4 is 26.1 Å². The fraction of sp³-hybridized carbons (Fsp3) is 0.292. The zero-order valence-corrected chi connectivity index (χ0v) is 20.3. The Morgan fingerprint density at radius 2 is 1.76 bits per heavy atom. The van der Waals surface area contributed by atoms with Crippen LogP contribution in [0.15, 0.2) is 53.3 Å². The number of methoxy groups -OCH3 is 2. The second kappa shape index (κ2) is 10.5. The fourth-order valence-electron chi connectivity index (χ4n) is 3.19. The van der Waals surface area contributed by atoms with Crippen molar-refractivity contribution in [2.24, 2.45) is 0 Å². The van der Waals surface area contributed by atoms with Gasteiger partial charge in [-0.15, -0.1) is 0 Å². The molecule has 3 aromatic rings. The maximum Gasteiger partial charge on any atom is 0.277 e. The smallest absolute Gasteiger partial charge is 0.277 e. The van der Waals surface area contributed by atoms with Crippen molar-refractivity contribution in [1.29, 1.82) is 0 Å². The lowest BCUT2D eigenvalue weighted by Gasteiger charge is -2.25. The third-order valence-corrected chi connectivity index (χ3v) is 5.58. The number of carbonyl (C=O) groups is 1. The number of H-pyrrole nitrogens is 1. The highest BCUT2D eigenvalue weighted by Gasteiger charge is 2.30. The first-order valence-corrected chi connectivity index (χ1v) is 10.9. The third-order valence-electron chi connectivity index (χ3n) is 5.26. The lowest BCUT2D eigenvalue weighted by Crippen LogP contribution is -2.41. The van der Waals surface area contributed by atoms with Crippen LogP contribution in [0.4, 0.5) is 11.5 Å². The van der Waals surface area contributed by atoms with Crippen molar-refractivity contribution in [1.82, 2.24) is 9.55 Å². The Hall–Kier alpha value is -3.63. The number of hydrogen-bond acceptors (Lipinski definition) is 7. The lowest BCUT2D eigenvalue weighted by molar-refractivity contribution is -0.138. The van der Waals surface area contributed by atoms with E-state index in [4.69, 9.17) is 32.2 Å². The largest absolute Gasteiger partial charge is 0.493 e. The molecule has 3 rings (SSSR count). The number of benzene rings is 2. The van der Waals surface area contributed by atoms with Crippen molar-refractivity contribution >= 4 is 29.6 Å². The lowest BCUT2D eigenvalue weighted by atomic mass is 10.1. The normalized spacial score (nSPS) is 11.2. The number of nitrogens with two attached hydrogens (primary N) is 1. The molecule has 0 fully saturated rings. The maximum atomic E-state index is 13.0. The predicted molar refractivity (Wildman–Crippen MR) is 133 cm³/mol. The number of aromatic amines is 1. The molecule has 0 unspecified atom stereocenters. The monoisotopic (exact) mass is 484 g/mol. The molecule has 0 saturated carbocycles. The Morgan fingerprint density at radius 1 is 1.09 bits per heavy atom. The van der Waals surface area contributed by atoms with Gasteiger partial charge in [0.25, 0.3) is 11.5 Å². The Kier molecular flexibility index (Phi) is 7.75. The van der Waals surface area contributed by atoms with Crippen LogP contribution in [0, 0.1) is 4.77 Å². The van der Waals surface area contributed by atoms with Gasteiger partial charge in [-0.2, -0.15) is 0 Å². The summed E-state index contributed by atoms with van der Waals surface area (Å²) in [6.45, 7) is 3.71. The molecule has 34 heavy (non-hydrogen) atoms. The number of nitrogen functional groups attached to an aromatic ring is 1. The molecule has 1 aromatic heterocycles. The molecule has 0 atom stereocenters. The van der Waals surface area contributed by atoms with Gasteiger partial charge in [0, 0.05) is 0 Å². The zero-order valence-electron chi connectivity index (χ0n) is 19.5. The van der Waals surface area contributed by atoms with Gasteiger partial charge in [0.1, 0.15) is 17.1 Å². The Bertz CT molecular complexity index is 1280. The molecule has 0 radical (unpaired) electrons. The Morgan fingerprint density at radius 3 is 2.41 bits per heavy atom. The SMILES string of the molecule is COc1ccc(Cn2c(N)c(NC(=O)C(C)(C)OCc3ccccc3)c(=O)[nH]c2=S)cc1OC. The summed E-state index contributed by atoms with van der Waals surface area (Å²) in [7, 11) is 3.09. The van der Waals surface area contributed by atoms with Crippen molar-refractivity contribution in [3.8, 4) is 11.5 Å². The van der Waals surface area contributed by atoms with Crippen molar-refractivity contribution in [3.05, 3.63) is 74.8 Å². The molecule has 1 heterocycles. The number of nitrogens with one attached hydrogen (secondary N) is 2. The predicted octanol–water partition coefficient (Wildman–Crippen LogP) is 3.49. The molecule has 10 heteroatoms. The van der Waals surface area contributed by atoms with Crippen molar-refractivity contribution < 1.29 is 19.0 Å². The molecule has 2 aromatic carbocycles. The van der Waals surface area contributed by atoms with E-state index >= 15 is 0 Å². The Balaban J connectivity index is 1.84. The number of nitrogens with zero attached hydrogens (tertiary/aromatic N) is 1. The summed E-state index contributed by atoms with van der Waals surface area (Å²) >= 11 is 5.31. The molecular weight excluding hydrogens is 456 g/mol. The topological polar surface area (TPSA) is 121 Å². The van der Waals surface area contributed by atoms with Crippen LogP contribution in [-0.2, 0) is 22.7 Å². The van der Waals surface area contributed by atoms with E-state index in [0.717, 1.165) is 11.1 Å². The summed E-state index contributed by atoms with van der Waals surface area (Å²) in [5, 5.41) is 2.60. The van der Waals surface area contributed by atoms with Crippen molar-refractivity contribution in [2.75, 3.05) is 25.3 Å². The average Bonchev–Trinajstić information content (AvgIpc) is 2.83. The first-order valence-electron chi connectivity index (χ1n) is 10.5. The van der Waals surface area contributed by atoms with E-state index in [2.05, 4.69) is 10.3 Å². The van der Waals surface area contributed by atoms with Crippen molar-refractivity contribution in [2.45, 2.75) is 32.6 Å². The maximum absolute atomic E-state index is 13.0. The number of hydrogen-bond donors (Lipinski definition) is 3. The summed E-state index contributed by atoms with van der Waals surface area (Å²) in [6, 6.07) is 14.8. The van der Waals surface area contributed by atoms with E-state index in [1.54, 1.807) is 33.1 Å². The first-order chi connectivity index (χ1) is 16.2. The second-order valence-electron chi connectivity index (χ2n) is 8.03. The number of aromatic nitrogens is 2. The summed E-state index contributed by atoms with van der Waals surface area (Å²) in [4.78, 5) is 28.1. The number of rotatable bonds is 9. The first kappa shape index (κ1) is 25.0. The zero-order chi connectivity index (χ0) is 24.9. The van der Waals surface area contributed by atoms with Crippen LogP contribution in [0.3, 0.4) is 0 Å². The van der Waals surface area contributed by atoms with Gasteiger partial charge in [0.2, 0.25) is 0 Å². The molecule has 0 aliphatic rings. The number of anilines is 2. The molecule has 0 spiro atoms. The molecule has 0 saturated heterocycles. The molecule has 9 nitrogen and oxygen atoms in total. The van der Waals surface area contributed by atoms with Crippen LogP contribution in [0.2, 0.25) is 0 Å². The van der Waals surface area contributed by atoms with E-state index in [0.29, 0.717) is 11.5 Å². The standard InChI is InChI=1S/C24H28N4O5S/c1-24(2,33-14-15-8-6-5-7-9-15)22(30)26-19-20(25)28(23(34)27-21(19)29)13-16-10-11-17(31-3)18(12-16)32-4/h5-12H,13-14,25H2,1-4H3,(H,26,30)(H,27,29,34). The van der Waals surface area contributed by atoms with Gasteiger partial charge in [-0.25, -0.2) is 0 Å². The minimum absolute atomic E-state index is 0.0238. The minimum atomic E-state index is -1.23. The van der Waals surface area contributed by atoms with E-state index in [-0.39, 0.29) is 29.4 Å². The quantitative estimate of drug-likeness (QED) is 0.398. The van der Waals surface area contributed by atoms with Crippen LogP contribution in [-0.4, -0.2) is 35.3 Å². The van der Waals surface area contributed by atoms with Gasteiger partial charge in [0.15, 0.2) is 16.3 Å². The van der Waals surface area contributed by atoms with E-state index in [1.807, 2.05) is 36.4 Å². The van der Waals surface area contributed by atoms with E-state index in [9.17, 15) is 9.59 Å². The third kappa shape index (κ3) is 5.64. The number of ether oxygens (including phenoxy) is 3. The molecule has 4 N–H and O–H groups in total. The van der Waals surface area contributed by atoms with Crippen molar-refractivity contribution in [3.63, 3.8) is 0 Å². The fourth-order valence-corrected chi connectivity index (χ4v) is 3.45. The molecule has 0 bridgehead atoms.